The SMILES string of the molecule is Cc1cccc([Si](C)(C)C)c1S(=O)(=O)NC(=O)c1cn(C)c(-c2c(F)cccc2F)n1. The molecule has 1 N–H and O–H groups in total. The summed E-state index contributed by atoms with van der Waals surface area (Å²) in [5.41, 5.74) is -0.144. The topological polar surface area (TPSA) is 81.1 Å². The van der Waals surface area contributed by atoms with Gasteiger partial charge in [0.05, 0.1) is 18.5 Å². The summed E-state index contributed by atoms with van der Waals surface area (Å²) in [6, 6.07) is 8.59. The zero-order valence-corrected chi connectivity index (χ0v) is 19.6. The maximum atomic E-state index is 14.1. The largest absolute Gasteiger partial charge is 0.333 e. The molecule has 6 nitrogen and oxygen atoms in total. The summed E-state index contributed by atoms with van der Waals surface area (Å²) in [6.45, 7) is 7.70. The lowest BCUT2D eigenvalue weighted by Gasteiger charge is -2.22. The minimum absolute atomic E-state index is 0.0822. The molecule has 0 aliphatic carbocycles. The number of imidazole rings is 1. The van der Waals surface area contributed by atoms with E-state index in [4.69, 9.17) is 0 Å². The van der Waals surface area contributed by atoms with E-state index in [9.17, 15) is 22.0 Å². The molecule has 0 spiro atoms. The van der Waals surface area contributed by atoms with Crippen molar-refractivity contribution in [2.45, 2.75) is 31.5 Å². The van der Waals surface area contributed by atoms with Crippen molar-refractivity contribution in [2.75, 3.05) is 0 Å². The Labute approximate surface area is 181 Å². The molecule has 164 valence electrons. The number of hydrogen-bond donors (Lipinski definition) is 1. The first-order valence-corrected chi connectivity index (χ1v) is 14.5. The summed E-state index contributed by atoms with van der Waals surface area (Å²) in [4.78, 5) is 16.8. The summed E-state index contributed by atoms with van der Waals surface area (Å²) in [7, 11) is -4.78. The molecule has 3 rings (SSSR count). The van der Waals surface area contributed by atoms with Gasteiger partial charge in [-0.2, -0.15) is 0 Å². The van der Waals surface area contributed by atoms with E-state index in [1.54, 1.807) is 25.1 Å². The van der Waals surface area contributed by atoms with Crippen molar-refractivity contribution in [1.29, 1.82) is 0 Å². The van der Waals surface area contributed by atoms with Crippen molar-refractivity contribution in [3.05, 3.63) is 65.5 Å². The molecule has 0 atom stereocenters. The van der Waals surface area contributed by atoms with Gasteiger partial charge >= 0.3 is 0 Å². The van der Waals surface area contributed by atoms with Crippen LogP contribution in [0.5, 0.6) is 0 Å². The molecule has 0 saturated carbocycles. The van der Waals surface area contributed by atoms with Gasteiger partial charge in [-0.1, -0.05) is 43.9 Å². The Morgan fingerprint density at radius 1 is 1.06 bits per heavy atom. The van der Waals surface area contributed by atoms with Crippen molar-refractivity contribution in [2.24, 2.45) is 7.05 Å². The monoisotopic (exact) mass is 463 g/mol. The number of sulfonamides is 1. The average molecular weight is 464 g/mol. The number of aromatic nitrogens is 2. The van der Waals surface area contributed by atoms with Gasteiger partial charge in [0.15, 0.2) is 0 Å². The van der Waals surface area contributed by atoms with Gasteiger partial charge < -0.3 is 4.57 Å². The van der Waals surface area contributed by atoms with Gasteiger partial charge in [0.2, 0.25) is 0 Å². The molecule has 3 aromatic rings. The zero-order chi connectivity index (χ0) is 23.1. The number of nitrogens with one attached hydrogen (secondary N) is 1. The molecule has 0 fully saturated rings. The highest BCUT2D eigenvalue weighted by Crippen LogP contribution is 2.25. The third-order valence-electron chi connectivity index (χ3n) is 4.81. The minimum atomic E-state index is -4.20. The smallest absolute Gasteiger partial charge is 0.285 e. The number of carbonyl (C=O) groups excluding carboxylic acids is 1. The molecule has 1 amide bonds. The maximum absolute atomic E-state index is 14.1. The fourth-order valence-electron chi connectivity index (χ4n) is 3.34. The van der Waals surface area contributed by atoms with E-state index < -0.39 is 41.2 Å². The Hall–Kier alpha value is -2.85. The van der Waals surface area contributed by atoms with Gasteiger partial charge in [-0.15, -0.1) is 0 Å². The molecule has 1 aromatic heterocycles. The standard InChI is InChI=1S/C21H23F2N3O3SSi/c1-13-8-6-11-17(31(3,4)5)19(13)30(28,29)25-21(27)16-12-26(2)20(24-16)18-14(22)9-7-10-15(18)23/h6-12H,1-5H3,(H,25,27). The molecule has 0 aliphatic rings. The van der Waals surface area contributed by atoms with Crippen LogP contribution in [0.2, 0.25) is 19.6 Å². The first-order valence-electron chi connectivity index (χ1n) is 9.48. The quantitative estimate of drug-likeness (QED) is 0.589. The molecule has 0 unspecified atom stereocenters. The van der Waals surface area contributed by atoms with Crippen LogP contribution in [-0.2, 0) is 17.1 Å². The van der Waals surface area contributed by atoms with Gasteiger partial charge in [-0.3, -0.25) is 4.79 Å². The predicted octanol–water partition coefficient (Wildman–Crippen LogP) is 3.34. The summed E-state index contributed by atoms with van der Waals surface area (Å²) >= 11 is 0. The molecule has 0 saturated heterocycles. The number of aryl methyl sites for hydroxylation is 2. The van der Waals surface area contributed by atoms with Crippen molar-refractivity contribution in [3.8, 4) is 11.4 Å². The van der Waals surface area contributed by atoms with Crippen LogP contribution < -0.4 is 9.91 Å². The summed E-state index contributed by atoms with van der Waals surface area (Å²) in [5.74, 6) is -2.79. The lowest BCUT2D eigenvalue weighted by Crippen LogP contribution is -2.44. The van der Waals surface area contributed by atoms with E-state index in [0.29, 0.717) is 10.8 Å². The average Bonchev–Trinajstić information content (AvgIpc) is 3.02. The van der Waals surface area contributed by atoms with E-state index in [2.05, 4.69) is 9.71 Å². The molecular formula is C21H23F2N3O3SSi. The molecule has 0 bridgehead atoms. The van der Waals surface area contributed by atoms with Gasteiger partial charge in [0, 0.05) is 13.2 Å². The van der Waals surface area contributed by atoms with Crippen LogP contribution in [-0.4, -0.2) is 31.9 Å². The highest BCUT2D eigenvalue weighted by atomic mass is 32.2. The molecule has 0 radical (unpaired) electrons. The van der Waals surface area contributed by atoms with Gasteiger partial charge in [-0.05, 0) is 29.8 Å². The van der Waals surface area contributed by atoms with Crippen LogP contribution in [0.3, 0.4) is 0 Å². The zero-order valence-electron chi connectivity index (χ0n) is 17.8. The van der Waals surface area contributed by atoms with Gasteiger partial charge in [-0.25, -0.2) is 26.9 Å². The number of carbonyl (C=O) groups is 1. The molecule has 10 heteroatoms. The van der Waals surface area contributed by atoms with Gasteiger partial charge in [0.25, 0.3) is 15.9 Å². The van der Waals surface area contributed by atoms with Crippen molar-refractivity contribution in [3.63, 3.8) is 0 Å². The highest BCUT2D eigenvalue weighted by Gasteiger charge is 2.30. The van der Waals surface area contributed by atoms with Crippen LogP contribution in [0.1, 0.15) is 16.1 Å². The predicted molar refractivity (Wildman–Crippen MR) is 117 cm³/mol. The third-order valence-corrected chi connectivity index (χ3v) is 8.56. The number of benzene rings is 2. The van der Waals surface area contributed by atoms with Crippen LogP contribution >= 0.6 is 0 Å². The lowest BCUT2D eigenvalue weighted by molar-refractivity contribution is 0.0977. The Balaban J connectivity index is 2.00. The van der Waals surface area contributed by atoms with Crippen molar-refractivity contribution >= 4 is 29.2 Å². The molecule has 0 aliphatic heterocycles. The summed E-state index contributed by atoms with van der Waals surface area (Å²) < 4.78 is 57.8. The van der Waals surface area contributed by atoms with E-state index in [1.807, 2.05) is 19.6 Å². The molecule has 2 aromatic carbocycles. The minimum Gasteiger partial charge on any atom is -0.333 e. The van der Waals surface area contributed by atoms with E-state index in [1.165, 1.54) is 23.9 Å². The molecular weight excluding hydrogens is 440 g/mol. The van der Waals surface area contributed by atoms with E-state index >= 15 is 0 Å². The van der Waals surface area contributed by atoms with Crippen LogP contribution in [0.4, 0.5) is 8.78 Å². The van der Waals surface area contributed by atoms with Crippen LogP contribution in [0, 0.1) is 18.6 Å². The van der Waals surface area contributed by atoms with Crippen LogP contribution in [0.15, 0.2) is 47.5 Å². The second-order valence-corrected chi connectivity index (χ2v) is 15.0. The number of hydrogen-bond acceptors (Lipinski definition) is 4. The number of amides is 1. The normalized spacial score (nSPS) is 12.1. The first-order chi connectivity index (χ1) is 14.3. The second kappa shape index (κ2) is 8.01. The third kappa shape index (κ3) is 4.44. The summed E-state index contributed by atoms with van der Waals surface area (Å²) in [5, 5.41) is 0.697. The first kappa shape index (κ1) is 22.8. The highest BCUT2D eigenvalue weighted by molar-refractivity contribution is 7.90. The molecule has 31 heavy (non-hydrogen) atoms. The Bertz CT molecular complexity index is 1260. The second-order valence-electron chi connectivity index (χ2n) is 8.29. The summed E-state index contributed by atoms with van der Waals surface area (Å²) in [6.07, 6.45) is 1.23. The van der Waals surface area contributed by atoms with E-state index in [0.717, 1.165) is 12.1 Å². The Kier molecular flexibility index (Phi) is 5.89. The van der Waals surface area contributed by atoms with Crippen LogP contribution in [0.25, 0.3) is 11.4 Å². The fourth-order valence-corrected chi connectivity index (χ4v) is 7.44. The number of nitrogens with zero attached hydrogens (tertiary/aromatic N) is 2. The fraction of sp³-hybridized carbons (Fsp3) is 0.238. The van der Waals surface area contributed by atoms with E-state index in [-0.39, 0.29) is 16.4 Å². The maximum Gasteiger partial charge on any atom is 0.285 e. The number of rotatable bonds is 5. The molecule has 1 heterocycles. The lowest BCUT2D eigenvalue weighted by atomic mass is 10.2. The number of halogens is 2. The van der Waals surface area contributed by atoms with Crippen molar-refractivity contribution < 1.29 is 22.0 Å². The Morgan fingerprint density at radius 3 is 2.23 bits per heavy atom. The van der Waals surface area contributed by atoms with Gasteiger partial charge in [0.1, 0.15) is 23.2 Å². The Morgan fingerprint density at radius 2 is 1.65 bits per heavy atom. The van der Waals surface area contributed by atoms with Crippen molar-refractivity contribution in [1.82, 2.24) is 14.3 Å².